The first-order valence-corrected chi connectivity index (χ1v) is 12.9. The van der Waals surface area contributed by atoms with Crippen molar-refractivity contribution in [1.29, 1.82) is 0 Å². The van der Waals surface area contributed by atoms with E-state index in [0.717, 1.165) is 37.2 Å². The second kappa shape index (κ2) is 8.60. The summed E-state index contributed by atoms with van der Waals surface area (Å²) in [6.07, 6.45) is 3.17. The highest BCUT2D eigenvalue weighted by Gasteiger charge is 2.67. The first-order chi connectivity index (χ1) is 17.4. The maximum absolute atomic E-state index is 12.9. The van der Waals surface area contributed by atoms with Gasteiger partial charge in [0.05, 0.1) is 19.8 Å². The van der Waals surface area contributed by atoms with E-state index in [0.29, 0.717) is 19.3 Å². The number of benzene rings is 2. The maximum atomic E-state index is 12.9. The number of methoxy groups -OCH3 is 2. The Hall–Kier alpha value is -2.90. The molecule has 36 heavy (non-hydrogen) atoms. The number of amides is 1. The van der Waals surface area contributed by atoms with Crippen LogP contribution in [-0.4, -0.2) is 60.3 Å². The normalized spacial score (nSPS) is 35.0. The summed E-state index contributed by atoms with van der Waals surface area (Å²) >= 11 is 0. The van der Waals surface area contributed by atoms with E-state index in [1.54, 1.807) is 7.11 Å². The molecule has 0 aromatic heterocycles. The quantitative estimate of drug-likeness (QED) is 0.506. The Labute approximate surface area is 211 Å². The number of hydrogen-bond acceptors (Lipinski definition) is 6. The molecule has 2 aromatic rings. The van der Waals surface area contributed by atoms with Crippen LogP contribution in [0.4, 0.5) is 0 Å². The third-order valence-electron chi connectivity index (χ3n) is 9.50. The summed E-state index contributed by atoms with van der Waals surface area (Å²) in [5, 5.41) is 15.9. The average molecular weight is 491 g/mol. The summed E-state index contributed by atoms with van der Waals surface area (Å²) < 4.78 is 10.5. The number of fused-ring (bicyclic) bond motifs is 2. The Balaban J connectivity index is 1.42. The topological polar surface area (TPSA) is 88.1 Å². The van der Waals surface area contributed by atoms with Gasteiger partial charge in [0.1, 0.15) is 11.7 Å². The van der Waals surface area contributed by atoms with Crippen LogP contribution in [0.1, 0.15) is 42.4 Å². The number of ether oxygens (including phenoxy) is 2. The second-order valence-corrected chi connectivity index (χ2v) is 11.1. The molecule has 4 aliphatic rings. The zero-order chi connectivity index (χ0) is 25.1. The molecule has 2 aromatic carbocycles. The van der Waals surface area contributed by atoms with Crippen molar-refractivity contribution in [3.8, 4) is 5.75 Å². The van der Waals surface area contributed by atoms with E-state index in [1.165, 1.54) is 18.2 Å². The fraction of sp³-hybridized carbons (Fsp3) is 0.517. The summed E-state index contributed by atoms with van der Waals surface area (Å²) in [6, 6.07) is 16.5. The van der Waals surface area contributed by atoms with Crippen molar-refractivity contribution in [3.63, 3.8) is 0 Å². The number of carbonyl (C=O) groups excluding carboxylic acids is 2. The van der Waals surface area contributed by atoms with Crippen LogP contribution < -0.4 is 10.1 Å². The van der Waals surface area contributed by atoms with Crippen molar-refractivity contribution < 1.29 is 24.2 Å². The largest absolute Gasteiger partial charge is 0.497 e. The highest BCUT2D eigenvalue weighted by molar-refractivity contribution is 5.98. The highest BCUT2D eigenvalue weighted by Crippen LogP contribution is 2.60. The van der Waals surface area contributed by atoms with Crippen LogP contribution >= 0.6 is 0 Å². The van der Waals surface area contributed by atoms with Crippen molar-refractivity contribution in [2.24, 2.45) is 11.8 Å². The Kier molecular flexibility index (Phi) is 5.61. The van der Waals surface area contributed by atoms with Crippen LogP contribution in [0.2, 0.25) is 0 Å². The highest BCUT2D eigenvalue weighted by atomic mass is 16.5. The zero-order valence-electron chi connectivity index (χ0n) is 20.9. The van der Waals surface area contributed by atoms with Gasteiger partial charge in [-0.15, -0.1) is 0 Å². The molecular weight excluding hydrogens is 456 g/mol. The molecule has 7 heteroatoms. The predicted molar refractivity (Wildman–Crippen MR) is 133 cm³/mol. The Morgan fingerprint density at radius 1 is 1.17 bits per heavy atom. The number of rotatable bonds is 4. The molecule has 1 amide bonds. The number of piperidine rings is 2. The molecule has 2 bridgehead atoms. The lowest BCUT2D eigenvalue weighted by Gasteiger charge is -2.66. The summed E-state index contributed by atoms with van der Waals surface area (Å²) in [6.45, 7) is 1.65. The molecule has 2 saturated heterocycles. The molecular formula is C29H34N2O5. The number of nitrogens with zero attached hydrogens (tertiary/aromatic N) is 1. The lowest BCUT2D eigenvalue weighted by molar-refractivity contribution is -0.191. The van der Waals surface area contributed by atoms with Crippen molar-refractivity contribution in [3.05, 3.63) is 65.2 Å². The van der Waals surface area contributed by atoms with E-state index in [4.69, 9.17) is 9.47 Å². The van der Waals surface area contributed by atoms with Crippen LogP contribution in [0.25, 0.3) is 0 Å². The molecule has 1 saturated carbocycles. The SMILES string of the molecule is COC(=O)C1CC2C[C@@]3(O)[C@H]4Cc5ccc(OC)cc5[C@@]3(CCN4Cc3ccccc3)CC2NC1=O. The summed E-state index contributed by atoms with van der Waals surface area (Å²) in [5.74, 6) is -0.773. The fourth-order valence-corrected chi connectivity index (χ4v) is 7.77. The van der Waals surface area contributed by atoms with Crippen molar-refractivity contribution in [1.82, 2.24) is 10.2 Å². The summed E-state index contributed by atoms with van der Waals surface area (Å²) in [7, 11) is 2.99. The number of likely N-dealkylation sites (tertiary alicyclic amines) is 1. The van der Waals surface area contributed by atoms with E-state index in [2.05, 4.69) is 46.6 Å². The first kappa shape index (κ1) is 23.5. The molecule has 2 aliphatic carbocycles. The monoisotopic (exact) mass is 490 g/mol. The molecule has 2 aliphatic heterocycles. The smallest absolute Gasteiger partial charge is 0.318 e. The molecule has 6 atom stereocenters. The van der Waals surface area contributed by atoms with Crippen LogP contribution in [0.5, 0.6) is 5.75 Å². The van der Waals surface area contributed by atoms with E-state index in [1.807, 2.05) is 12.1 Å². The lowest BCUT2D eigenvalue weighted by atomic mass is 9.46. The zero-order valence-corrected chi connectivity index (χ0v) is 20.9. The number of aliphatic hydroxyl groups is 1. The van der Waals surface area contributed by atoms with E-state index >= 15 is 0 Å². The Morgan fingerprint density at radius 3 is 2.72 bits per heavy atom. The second-order valence-electron chi connectivity index (χ2n) is 11.1. The molecule has 190 valence electrons. The Morgan fingerprint density at radius 2 is 1.97 bits per heavy atom. The van der Waals surface area contributed by atoms with Gasteiger partial charge in [-0.25, -0.2) is 0 Å². The van der Waals surface area contributed by atoms with E-state index < -0.39 is 22.9 Å². The summed E-state index contributed by atoms with van der Waals surface area (Å²) in [4.78, 5) is 27.6. The standard InChI is InChI=1S/C29H34N2O5/c1-35-21-9-8-19-13-25-29(34)15-20-12-22(27(33)36-2)26(32)30-24(20)16-28(29,23(19)14-21)10-11-31(25)17-18-6-4-3-5-7-18/h3-9,14,20,22,24-25,34H,10-13,15-17H2,1-2H3,(H,30,32)/t20?,22?,24?,25-,28-,29-/m1/s1. The minimum absolute atomic E-state index is 0.0104. The number of carbonyl (C=O) groups is 2. The predicted octanol–water partition coefficient (Wildman–Crippen LogP) is 2.58. The van der Waals surface area contributed by atoms with Gasteiger partial charge in [0, 0.05) is 24.0 Å². The van der Waals surface area contributed by atoms with Crippen LogP contribution in [0, 0.1) is 11.8 Å². The van der Waals surface area contributed by atoms with Gasteiger partial charge in [-0.2, -0.15) is 0 Å². The van der Waals surface area contributed by atoms with Crippen LogP contribution in [-0.2, 0) is 32.7 Å². The van der Waals surface area contributed by atoms with Crippen molar-refractivity contribution in [2.45, 2.75) is 61.7 Å². The fourth-order valence-electron chi connectivity index (χ4n) is 7.77. The van der Waals surface area contributed by atoms with Gasteiger partial charge < -0.3 is 19.9 Å². The number of hydrogen-bond donors (Lipinski definition) is 2. The maximum Gasteiger partial charge on any atom is 0.318 e. The van der Waals surface area contributed by atoms with Gasteiger partial charge in [0.25, 0.3) is 0 Å². The van der Waals surface area contributed by atoms with Crippen molar-refractivity contribution >= 4 is 11.9 Å². The van der Waals surface area contributed by atoms with E-state index in [-0.39, 0.29) is 23.9 Å². The molecule has 0 radical (unpaired) electrons. The van der Waals surface area contributed by atoms with Gasteiger partial charge in [-0.05, 0) is 73.4 Å². The molecule has 7 nitrogen and oxygen atoms in total. The summed E-state index contributed by atoms with van der Waals surface area (Å²) in [5.41, 5.74) is 2.17. The van der Waals surface area contributed by atoms with Crippen LogP contribution in [0.15, 0.2) is 48.5 Å². The van der Waals surface area contributed by atoms with Gasteiger partial charge in [-0.1, -0.05) is 36.4 Å². The third-order valence-corrected chi connectivity index (χ3v) is 9.50. The molecule has 0 spiro atoms. The van der Waals surface area contributed by atoms with Crippen molar-refractivity contribution in [2.75, 3.05) is 20.8 Å². The third kappa shape index (κ3) is 3.40. The van der Waals surface area contributed by atoms with Gasteiger partial charge in [-0.3, -0.25) is 14.5 Å². The molecule has 6 rings (SSSR count). The van der Waals surface area contributed by atoms with Gasteiger partial charge in [0.2, 0.25) is 5.91 Å². The lowest BCUT2D eigenvalue weighted by Crippen LogP contribution is -2.76. The number of nitrogens with one attached hydrogen (secondary N) is 1. The molecule has 2 heterocycles. The van der Waals surface area contributed by atoms with E-state index in [9.17, 15) is 14.7 Å². The molecule has 3 unspecified atom stereocenters. The average Bonchev–Trinajstić information content (AvgIpc) is 2.89. The minimum atomic E-state index is -0.983. The molecule has 3 fully saturated rings. The Bertz CT molecular complexity index is 1190. The first-order valence-electron chi connectivity index (χ1n) is 12.9. The minimum Gasteiger partial charge on any atom is -0.497 e. The molecule has 2 N–H and O–H groups in total. The van der Waals surface area contributed by atoms with Crippen LogP contribution in [0.3, 0.4) is 0 Å². The van der Waals surface area contributed by atoms with Gasteiger partial charge >= 0.3 is 5.97 Å². The number of esters is 1. The van der Waals surface area contributed by atoms with Gasteiger partial charge in [0.15, 0.2) is 0 Å².